The molecule has 4 heterocycles. The molecule has 7 nitrogen and oxygen atoms in total. The van der Waals surface area contributed by atoms with E-state index in [0.29, 0.717) is 48.6 Å². The van der Waals surface area contributed by atoms with Crippen LogP contribution in [-0.2, 0) is 4.74 Å². The quantitative estimate of drug-likeness (QED) is 0.841. The molecule has 1 amide bonds. The number of amides is 1. The summed E-state index contributed by atoms with van der Waals surface area (Å²) in [4.78, 5) is 19.7. The molecule has 24 heavy (non-hydrogen) atoms. The van der Waals surface area contributed by atoms with Gasteiger partial charge in [0, 0.05) is 19.0 Å². The highest BCUT2D eigenvalue weighted by atomic mass is 32.1. The number of carbonyl (C=O) groups is 1. The molecule has 8 heteroatoms. The van der Waals surface area contributed by atoms with E-state index in [2.05, 4.69) is 10.1 Å². The van der Waals surface area contributed by atoms with Crippen LogP contribution >= 0.6 is 11.3 Å². The maximum Gasteiger partial charge on any atom is 0.267 e. The van der Waals surface area contributed by atoms with Crippen molar-refractivity contribution in [1.82, 2.24) is 15.0 Å². The molecule has 4 rings (SSSR count). The van der Waals surface area contributed by atoms with Crippen molar-refractivity contribution in [3.8, 4) is 5.75 Å². The van der Waals surface area contributed by atoms with E-state index in [1.54, 1.807) is 6.92 Å². The van der Waals surface area contributed by atoms with Gasteiger partial charge in [0.15, 0.2) is 5.82 Å². The summed E-state index contributed by atoms with van der Waals surface area (Å²) >= 11 is 1.42. The van der Waals surface area contributed by atoms with Crippen LogP contribution in [0.3, 0.4) is 0 Å². The van der Waals surface area contributed by atoms with E-state index in [0.717, 1.165) is 0 Å². The molecular formula is C16H19N3O4S. The Balaban J connectivity index is 1.50. The monoisotopic (exact) mass is 349 g/mol. The number of hydrogen-bond donors (Lipinski definition) is 0. The number of fused-ring (bicyclic) bond motifs is 1. The average molecular weight is 349 g/mol. The highest BCUT2D eigenvalue weighted by molar-refractivity contribution is 7.12. The van der Waals surface area contributed by atoms with Crippen LogP contribution in [0.4, 0.5) is 0 Å². The van der Waals surface area contributed by atoms with E-state index in [-0.39, 0.29) is 23.8 Å². The minimum Gasteiger partial charge on any atom is -0.492 e. The van der Waals surface area contributed by atoms with Crippen LogP contribution in [0.1, 0.15) is 34.2 Å². The van der Waals surface area contributed by atoms with Gasteiger partial charge in [0.25, 0.3) is 5.91 Å². The Bertz CT molecular complexity index is 743. The molecule has 2 aromatic rings. The van der Waals surface area contributed by atoms with E-state index < -0.39 is 0 Å². The Morgan fingerprint density at radius 1 is 1.50 bits per heavy atom. The number of rotatable bonds is 4. The zero-order valence-corrected chi connectivity index (χ0v) is 14.4. The smallest absolute Gasteiger partial charge is 0.267 e. The first kappa shape index (κ1) is 15.6. The maximum atomic E-state index is 12.8. The van der Waals surface area contributed by atoms with Gasteiger partial charge in [-0.15, -0.1) is 11.3 Å². The molecule has 2 aliphatic rings. The number of aryl methyl sites for hydroxylation is 1. The summed E-state index contributed by atoms with van der Waals surface area (Å²) in [5.41, 5.74) is 0. The van der Waals surface area contributed by atoms with Crippen molar-refractivity contribution < 1.29 is 18.8 Å². The van der Waals surface area contributed by atoms with Crippen molar-refractivity contribution >= 4 is 17.2 Å². The molecule has 0 N–H and O–H groups in total. The van der Waals surface area contributed by atoms with Crippen LogP contribution in [0.25, 0.3) is 0 Å². The summed E-state index contributed by atoms with van der Waals surface area (Å²) in [7, 11) is 0. The second kappa shape index (κ2) is 6.18. The summed E-state index contributed by atoms with van der Waals surface area (Å²) in [6.45, 7) is 6.07. The number of carbonyl (C=O) groups excluding carboxylic acids is 1. The molecular weight excluding hydrogens is 330 g/mol. The number of nitrogens with zero attached hydrogens (tertiary/aromatic N) is 3. The zero-order valence-electron chi connectivity index (χ0n) is 13.6. The fourth-order valence-electron chi connectivity index (χ4n) is 3.46. The Hall–Kier alpha value is -1.93. The van der Waals surface area contributed by atoms with Gasteiger partial charge in [0.2, 0.25) is 5.89 Å². The third kappa shape index (κ3) is 2.59. The minimum atomic E-state index is 0.00640. The van der Waals surface area contributed by atoms with Crippen molar-refractivity contribution in [3.05, 3.63) is 28.0 Å². The summed E-state index contributed by atoms with van der Waals surface area (Å²) in [6.07, 6.45) is 0.0293. The molecule has 0 bridgehead atoms. The molecule has 0 aromatic carbocycles. The third-order valence-electron chi connectivity index (χ3n) is 4.59. The molecule has 3 atom stereocenters. The molecule has 0 unspecified atom stereocenters. The highest BCUT2D eigenvalue weighted by Gasteiger charge is 2.48. The number of thiophene rings is 1. The lowest BCUT2D eigenvalue weighted by Gasteiger charge is -2.18. The fraction of sp³-hybridized carbons (Fsp3) is 0.562. The Labute approximate surface area is 143 Å². The van der Waals surface area contributed by atoms with Crippen LogP contribution in [0.2, 0.25) is 0 Å². The van der Waals surface area contributed by atoms with Crippen LogP contribution in [0, 0.1) is 12.8 Å². The van der Waals surface area contributed by atoms with Gasteiger partial charge in [0.05, 0.1) is 25.2 Å². The lowest BCUT2D eigenvalue weighted by molar-refractivity contribution is 0.0686. The van der Waals surface area contributed by atoms with Gasteiger partial charge in [-0.05, 0) is 25.3 Å². The van der Waals surface area contributed by atoms with Crippen molar-refractivity contribution in [2.24, 2.45) is 5.92 Å². The van der Waals surface area contributed by atoms with Crippen LogP contribution in [0.15, 0.2) is 16.0 Å². The van der Waals surface area contributed by atoms with Crippen LogP contribution in [0.5, 0.6) is 5.75 Å². The molecule has 2 saturated heterocycles. The first-order valence-corrected chi connectivity index (χ1v) is 8.96. The van der Waals surface area contributed by atoms with E-state index in [1.807, 2.05) is 23.3 Å². The molecule has 0 radical (unpaired) electrons. The number of aromatic nitrogens is 2. The van der Waals surface area contributed by atoms with E-state index in [1.165, 1.54) is 11.3 Å². The van der Waals surface area contributed by atoms with E-state index in [4.69, 9.17) is 14.0 Å². The van der Waals surface area contributed by atoms with Gasteiger partial charge in [-0.25, -0.2) is 0 Å². The molecule has 0 aliphatic carbocycles. The predicted molar refractivity (Wildman–Crippen MR) is 86.4 cm³/mol. The topological polar surface area (TPSA) is 77.7 Å². The molecule has 128 valence electrons. The average Bonchev–Trinajstić information content (AvgIpc) is 3.29. The first-order valence-electron chi connectivity index (χ1n) is 8.08. The summed E-state index contributed by atoms with van der Waals surface area (Å²) in [6, 6.07) is 1.85. The van der Waals surface area contributed by atoms with Gasteiger partial charge in [-0.3, -0.25) is 4.79 Å². The number of hydrogen-bond acceptors (Lipinski definition) is 7. The Morgan fingerprint density at radius 3 is 3.12 bits per heavy atom. The highest BCUT2D eigenvalue weighted by Crippen LogP contribution is 2.40. The lowest BCUT2D eigenvalue weighted by Crippen LogP contribution is -2.30. The molecule has 0 saturated carbocycles. The van der Waals surface area contributed by atoms with Gasteiger partial charge < -0.3 is 18.9 Å². The molecule has 2 aliphatic heterocycles. The Kier molecular flexibility index (Phi) is 4.01. The standard InChI is InChI=1S/C16H19N3O4S/c1-3-21-12-4-5-24-14(12)16(20)19-6-10-11(8-22-13(10)7-19)15-17-9(2)18-23-15/h4-5,10-11,13H,3,6-8H2,1-2H3/t10-,11+,13-/m0/s1. The lowest BCUT2D eigenvalue weighted by atomic mass is 9.93. The van der Waals surface area contributed by atoms with Crippen molar-refractivity contribution in [2.75, 3.05) is 26.3 Å². The van der Waals surface area contributed by atoms with Gasteiger partial charge >= 0.3 is 0 Å². The molecule has 2 aromatic heterocycles. The van der Waals surface area contributed by atoms with Gasteiger partial charge in [-0.2, -0.15) is 4.98 Å². The summed E-state index contributed by atoms with van der Waals surface area (Å²) in [5, 5.41) is 5.75. The largest absolute Gasteiger partial charge is 0.492 e. The van der Waals surface area contributed by atoms with E-state index in [9.17, 15) is 4.79 Å². The third-order valence-corrected chi connectivity index (χ3v) is 5.47. The van der Waals surface area contributed by atoms with Gasteiger partial charge in [0.1, 0.15) is 10.6 Å². The minimum absolute atomic E-state index is 0.00640. The summed E-state index contributed by atoms with van der Waals surface area (Å²) in [5.74, 6) is 2.16. The van der Waals surface area contributed by atoms with Crippen LogP contribution in [-0.4, -0.2) is 53.4 Å². The fourth-order valence-corrected chi connectivity index (χ4v) is 4.26. The predicted octanol–water partition coefficient (Wildman–Crippen LogP) is 2.09. The normalized spacial score (nSPS) is 25.9. The molecule has 2 fully saturated rings. The van der Waals surface area contributed by atoms with Gasteiger partial charge in [-0.1, -0.05) is 5.16 Å². The van der Waals surface area contributed by atoms with Crippen molar-refractivity contribution in [1.29, 1.82) is 0 Å². The molecule has 0 spiro atoms. The second-order valence-corrected chi connectivity index (χ2v) is 7.00. The number of likely N-dealkylation sites (tertiary alicyclic amines) is 1. The van der Waals surface area contributed by atoms with Crippen LogP contribution < -0.4 is 4.74 Å². The maximum absolute atomic E-state index is 12.8. The van der Waals surface area contributed by atoms with E-state index >= 15 is 0 Å². The Morgan fingerprint density at radius 2 is 2.38 bits per heavy atom. The first-order chi connectivity index (χ1) is 11.7. The zero-order chi connectivity index (χ0) is 16.7. The van der Waals surface area contributed by atoms with Crippen molar-refractivity contribution in [3.63, 3.8) is 0 Å². The van der Waals surface area contributed by atoms with Crippen molar-refractivity contribution in [2.45, 2.75) is 25.9 Å². The SMILES string of the molecule is CCOc1ccsc1C(=O)N1C[C@@H]2[C@H](C1)OC[C@H]2c1nc(C)no1. The second-order valence-electron chi connectivity index (χ2n) is 6.08. The number of ether oxygens (including phenoxy) is 2. The summed E-state index contributed by atoms with van der Waals surface area (Å²) < 4.78 is 16.7.